The zero-order valence-electron chi connectivity index (χ0n) is 24.7. The summed E-state index contributed by atoms with van der Waals surface area (Å²) in [6.45, 7) is 4.65. The van der Waals surface area contributed by atoms with Crippen molar-refractivity contribution in [2.75, 3.05) is 26.7 Å². The summed E-state index contributed by atoms with van der Waals surface area (Å²) < 4.78 is 68.1. The Balaban J connectivity index is 1.37. The third-order valence-corrected chi connectivity index (χ3v) is 11.1. The van der Waals surface area contributed by atoms with Crippen molar-refractivity contribution in [3.8, 4) is 0 Å². The van der Waals surface area contributed by atoms with Gasteiger partial charge in [0, 0.05) is 33.2 Å². The van der Waals surface area contributed by atoms with E-state index in [1.807, 2.05) is 51.2 Å². The van der Waals surface area contributed by atoms with Crippen LogP contribution in [0.3, 0.4) is 0 Å². The molecule has 3 aromatic carbocycles. The van der Waals surface area contributed by atoms with Crippen LogP contribution in [0.15, 0.2) is 89.2 Å². The number of hydrogen-bond acceptors (Lipinski definition) is 6. The molecule has 0 bridgehead atoms. The number of hydrogen-bond donors (Lipinski definition) is 1. The number of alkyl halides is 3. The number of piperazine rings is 1. The first kappa shape index (κ1) is 32.1. The van der Waals surface area contributed by atoms with E-state index < -0.39 is 33.7 Å². The molecular weight excluding hydrogens is 610 g/mol. The topological polar surface area (TPSA) is 73.0 Å². The lowest BCUT2D eigenvalue weighted by molar-refractivity contribution is -0.137. The number of amides is 1. The molecule has 5 rings (SSSR count). The minimum atomic E-state index is -4.46. The van der Waals surface area contributed by atoms with E-state index in [4.69, 9.17) is 0 Å². The smallest absolute Gasteiger partial charge is 0.351 e. The maximum Gasteiger partial charge on any atom is 0.416 e. The lowest BCUT2D eigenvalue weighted by Crippen LogP contribution is -2.62. The van der Waals surface area contributed by atoms with Crippen molar-refractivity contribution in [1.82, 2.24) is 19.4 Å². The SMILES string of the molecule is CC(C)c1ccc(S(=O)(=O)N2CCN(C3SC=C(c4ccccc4)N3C)CC2C(=O)NCc2ccc(C(F)(F)F)cc2)cc1. The molecule has 7 nitrogen and oxygen atoms in total. The van der Waals surface area contributed by atoms with Gasteiger partial charge < -0.3 is 10.2 Å². The molecule has 2 unspecified atom stereocenters. The highest BCUT2D eigenvalue weighted by atomic mass is 32.2. The van der Waals surface area contributed by atoms with Gasteiger partial charge in [-0.05, 0) is 52.3 Å². The number of sulfonamides is 1. The van der Waals surface area contributed by atoms with Crippen LogP contribution in [0.2, 0.25) is 0 Å². The van der Waals surface area contributed by atoms with Gasteiger partial charge in [0.05, 0.1) is 16.2 Å². The molecule has 0 aliphatic carbocycles. The Kier molecular flexibility index (Phi) is 9.45. The lowest BCUT2D eigenvalue weighted by atomic mass is 10.0. The molecule has 2 aliphatic rings. The van der Waals surface area contributed by atoms with Gasteiger partial charge in [-0.15, -0.1) is 0 Å². The fourth-order valence-corrected chi connectivity index (χ4v) is 8.18. The number of nitrogens with zero attached hydrogens (tertiary/aromatic N) is 3. The van der Waals surface area contributed by atoms with Crippen LogP contribution in [0.25, 0.3) is 5.70 Å². The largest absolute Gasteiger partial charge is 0.416 e. The van der Waals surface area contributed by atoms with Crippen LogP contribution in [0.5, 0.6) is 0 Å². The van der Waals surface area contributed by atoms with E-state index in [0.29, 0.717) is 12.1 Å². The van der Waals surface area contributed by atoms with E-state index in [0.717, 1.165) is 29.0 Å². The second kappa shape index (κ2) is 13.0. The Bertz CT molecular complexity index is 1600. The molecule has 234 valence electrons. The molecule has 0 saturated carbocycles. The highest BCUT2D eigenvalue weighted by molar-refractivity contribution is 8.03. The van der Waals surface area contributed by atoms with Gasteiger partial charge in [-0.2, -0.15) is 17.5 Å². The van der Waals surface area contributed by atoms with Gasteiger partial charge in [0.2, 0.25) is 15.9 Å². The number of halogens is 3. The molecule has 1 saturated heterocycles. The standard InChI is InChI=1S/C32H35F3N4O3S2/c1-22(2)24-11-15-27(16-12-24)44(41,42)39-18-17-38(31-37(3)29(21-43-31)25-7-5-4-6-8-25)20-28(39)30(40)36-19-23-9-13-26(14-10-23)32(33,34)35/h4-16,21-22,28,31H,17-20H2,1-3H3,(H,36,40). The normalized spacial score (nSPS) is 20.2. The predicted molar refractivity (Wildman–Crippen MR) is 167 cm³/mol. The van der Waals surface area contributed by atoms with Crippen LogP contribution in [-0.4, -0.2) is 66.7 Å². The first-order valence-corrected chi connectivity index (χ1v) is 16.7. The summed E-state index contributed by atoms with van der Waals surface area (Å²) in [6.07, 6.45) is -4.46. The monoisotopic (exact) mass is 644 g/mol. The van der Waals surface area contributed by atoms with Crippen LogP contribution >= 0.6 is 11.8 Å². The summed E-state index contributed by atoms with van der Waals surface area (Å²) in [5.41, 5.74) is 2.64. The highest BCUT2D eigenvalue weighted by Gasteiger charge is 2.43. The minimum absolute atomic E-state index is 0.0394. The third-order valence-electron chi connectivity index (χ3n) is 7.96. The summed E-state index contributed by atoms with van der Waals surface area (Å²) in [6, 6.07) is 20.2. The van der Waals surface area contributed by atoms with Crippen molar-refractivity contribution in [2.24, 2.45) is 0 Å². The molecule has 0 spiro atoms. The van der Waals surface area contributed by atoms with Crippen LogP contribution < -0.4 is 5.32 Å². The zero-order valence-corrected chi connectivity index (χ0v) is 26.3. The fraction of sp³-hybridized carbons (Fsp3) is 0.344. The van der Waals surface area contributed by atoms with E-state index >= 15 is 0 Å². The third kappa shape index (κ3) is 6.83. The molecule has 1 N–H and O–H groups in total. The number of benzene rings is 3. The molecule has 1 amide bonds. The summed E-state index contributed by atoms with van der Waals surface area (Å²) in [5, 5.41) is 4.84. The van der Waals surface area contributed by atoms with Crippen LogP contribution in [0.4, 0.5) is 13.2 Å². The molecule has 2 atom stereocenters. The Morgan fingerprint density at radius 2 is 1.64 bits per heavy atom. The van der Waals surface area contributed by atoms with Gasteiger partial charge >= 0.3 is 6.18 Å². The minimum Gasteiger partial charge on any atom is -0.351 e. The van der Waals surface area contributed by atoms with Crippen molar-refractivity contribution in [1.29, 1.82) is 0 Å². The maximum atomic E-state index is 13.9. The maximum absolute atomic E-state index is 13.9. The molecule has 2 aliphatic heterocycles. The highest BCUT2D eigenvalue weighted by Crippen LogP contribution is 2.38. The number of rotatable bonds is 8. The summed E-state index contributed by atoms with van der Waals surface area (Å²) >= 11 is 1.59. The second-order valence-corrected chi connectivity index (χ2v) is 14.0. The van der Waals surface area contributed by atoms with Gasteiger partial charge in [0.25, 0.3) is 0 Å². The van der Waals surface area contributed by atoms with E-state index in [-0.39, 0.29) is 35.9 Å². The fourth-order valence-electron chi connectivity index (χ4n) is 5.40. The predicted octanol–water partition coefficient (Wildman–Crippen LogP) is 5.78. The zero-order chi connectivity index (χ0) is 31.6. The molecule has 3 aromatic rings. The Labute approximate surface area is 260 Å². The van der Waals surface area contributed by atoms with Crippen molar-refractivity contribution < 1.29 is 26.4 Å². The molecular formula is C32H35F3N4O3S2. The van der Waals surface area contributed by atoms with Gasteiger partial charge in [-0.25, -0.2) is 8.42 Å². The van der Waals surface area contributed by atoms with Gasteiger partial charge in [-0.1, -0.05) is 80.2 Å². The quantitative estimate of drug-likeness (QED) is 0.335. The molecule has 1 fully saturated rings. The molecule has 12 heteroatoms. The molecule has 0 aromatic heterocycles. The molecule has 0 radical (unpaired) electrons. The van der Waals surface area contributed by atoms with Gasteiger partial charge in [0.1, 0.15) is 11.5 Å². The number of carbonyl (C=O) groups excluding carboxylic acids is 1. The molecule has 44 heavy (non-hydrogen) atoms. The molecule has 2 heterocycles. The van der Waals surface area contributed by atoms with Crippen molar-refractivity contribution in [3.63, 3.8) is 0 Å². The Morgan fingerprint density at radius 1 is 0.977 bits per heavy atom. The summed E-state index contributed by atoms with van der Waals surface area (Å²) in [5.74, 6) is -0.284. The van der Waals surface area contributed by atoms with Crippen molar-refractivity contribution in [3.05, 3.63) is 107 Å². The number of thioether (sulfide) groups is 1. The second-order valence-electron chi connectivity index (χ2n) is 11.2. The van der Waals surface area contributed by atoms with Crippen LogP contribution in [-0.2, 0) is 27.5 Å². The first-order chi connectivity index (χ1) is 20.9. The average molecular weight is 645 g/mol. The average Bonchev–Trinajstić information content (AvgIpc) is 3.40. The first-order valence-electron chi connectivity index (χ1n) is 14.3. The number of nitrogens with one attached hydrogen (secondary N) is 1. The van der Waals surface area contributed by atoms with Crippen LogP contribution in [0, 0.1) is 0 Å². The van der Waals surface area contributed by atoms with E-state index in [1.165, 1.54) is 16.4 Å². The van der Waals surface area contributed by atoms with Crippen molar-refractivity contribution in [2.45, 2.75) is 48.9 Å². The summed E-state index contributed by atoms with van der Waals surface area (Å²) in [7, 11) is -2.06. The number of carbonyl (C=O) groups is 1. The van der Waals surface area contributed by atoms with Gasteiger partial charge in [-0.3, -0.25) is 9.69 Å². The van der Waals surface area contributed by atoms with E-state index in [1.54, 1.807) is 36.0 Å². The van der Waals surface area contributed by atoms with E-state index in [9.17, 15) is 26.4 Å². The van der Waals surface area contributed by atoms with Crippen LogP contribution in [0.1, 0.15) is 42.0 Å². The lowest BCUT2D eigenvalue weighted by Gasteiger charge is -2.43. The van der Waals surface area contributed by atoms with E-state index in [2.05, 4.69) is 20.5 Å². The Hall–Kier alpha value is -3.32. The summed E-state index contributed by atoms with van der Waals surface area (Å²) in [4.78, 5) is 18.0. The van der Waals surface area contributed by atoms with Gasteiger partial charge in [0.15, 0.2) is 0 Å². The Morgan fingerprint density at radius 3 is 2.25 bits per heavy atom. The van der Waals surface area contributed by atoms with Crippen molar-refractivity contribution >= 4 is 33.4 Å².